The lowest BCUT2D eigenvalue weighted by atomic mass is 10.0. The number of nitrogens with one attached hydrogen (secondary N) is 1. The molecule has 0 saturated carbocycles. The third kappa shape index (κ3) is 5.58. The van der Waals surface area contributed by atoms with Gasteiger partial charge in [-0.05, 0) is 61.6 Å². The Morgan fingerprint density at radius 2 is 1.68 bits per heavy atom. The highest BCUT2D eigenvalue weighted by Crippen LogP contribution is 2.23. The number of benzene rings is 2. The van der Waals surface area contributed by atoms with Crippen molar-refractivity contribution in [3.8, 4) is 5.75 Å². The summed E-state index contributed by atoms with van der Waals surface area (Å²) in [5.41, 5.74) is 2.93. The molecule has 0 aromatic heterocycles. The minimum absolute atomic E-state index is 0.178. The van der Waals surface area contributed by atoms with E-state index in [-0.39, 0.29) is 16.8 Å². The van der Waals surface area contributed by atoms with E-state index in [1.54, 1.807) is 24.3 Å². The van der Waals surface area contributed by atoms with E-state index in [4.69, 9.17) is 4.74 Å². The fourth-order valence-electron chi connectivity index (χ4n) is 2.94. The third-order valence-electron chi connectivity index (χ3n) is 4.71. The van der Waals surface area contributed by atoms with Crippen LogP contribution in [-0.4, -0.2) is 26.7 Å². The molecule has 0 bridgehead atoms. The van der Waals surface area contributed by atoms with Crippen molar-refractivity contribution in [2.24, 2.45) is 0 Å². The van der Waals surface area contributed by atoms with E-state index in [2.05, 4.69) is 5.32 Å². The van der Waals surface area contributed by atoms with E-state index in [9.17, 15) is 13.2 Å². The highest BCUT2D eigenvalue weighted by molar-refractivity contribution is 7.90. The van der Waals surface area contributed by atoms with Gasteiger partial charge in [0.15, 0.2) is 15.9 Å². The number of sulfone groups is 1. The second kappa shape index (κ2) is 9.24. The van der Waals surface area contributed by atoms with E-state index in [1.807, 2.05) is 45.9 Å². The van der Waals surface area contributed by atoms with Crippen molar-refractivity contribution in [1.82, 2.24) is 5.32 Å². The van der Waals surface area contributed by atoms with Crippen LogP contribution in [-0.2, 0) is 14.6 Å². The summed E-state index contributed by atoms with van der Waals surface area (Å²) in [7, 11) is -3.24. The van der Waals surface area contributed by atoms with E-state index in [0.29, 0.717) is 18.6 Å². The molecule has 0 saturated heterocycles. The molecule has 6 heteroatoms. The number of rotatable bonds is 8. The second-order valence-electron chi connectivity index (χ2n) is 7.09. The van der Waals surface area contributed by atoms with Crippen LogP contribution in [0.15, 0.2) is 47.4 Å². The predicted octanol–water partition coefficient (Wildman–Crippen LogP) is 4.13. The molecule has 0 aliphatic carbocycles. The molecule has 0 aliphatic heterocycles. The Hall–Kier alpha value is -2.34. The van der Waals surface area contributed by atoms with Crippen molar-refractivity contribution >= 4 is 15.7 Å². The van der Waals surface area contributed by atoms with Gasteiger partial charge in [-0.25, -0.2) is 8.42 Å². The zero-order valence-corrected chi connectivity index (χ0v) is 18.0. The molecule has 2 rings (SSSR count). The molecule has 2 unspecified atom stereocenters. The summed E-state index contributed by atoms with van der Waals surface area (Å²) >= 11 is 0. The topological polar surface area (TPSA) is 72.5 Å². The number of aryl methyl sites for hydroxylation is 2. The van der Waals surface area contributed by atoms with Crippen LogP contribution in [0.2, 0.25) is 0 Å². The van der Waals surface area contributed by atoms with Gasteiger partial charge in [-0.15, -0.1) is 0 Å². The molecular formula is C22H29NO4S. The fourth-order valence-corrected chi connectivity index (χ4v) is 3.57. The highest BCUT2D eigenvalue weighted by atomic mass is 32.2. The van der Waals surface area contributed by atoms with Crippen LogP contribution in [0.25, 0.3) is 0 Å². The lowest BCUT2D eigenvalue weighted by Gasteiger charge is -2.23. The first kappa shape index (κ1) is 22.0. The van der Waals surface area contributed by atoms with E-state index >= 15 is 0 Å². The molecular weight excluding hydrogens is 374 g/mol. The zero-order valence-electron chi connectivity index (χ0n) is 17.2. The Labute approximate surface area is 168 Å². The molecule has 2 atom stereocenters. The van der Waals surface area contributed by atoms with E-state index in [0.717, 1.165) is 16.7 Å². The summed E-state index contributed by atoms with van der Waals surface area (Å²) in [4.78, 5) is 13.1. The van der Waals surface area contributed by atoms with Gasteiger partial charge in [0, 0.05) is 6.26 Å². The number of carbonyl (C=O) groups is 1. The summed E-state index contributed by atoms with van der Waals surface area (Å²) in [6, 6.07) is 12.4. The summed E-state index contributed by atoms with van der Waals surface area (Å²) in [6.07, 6.45) is 1.81. The molecule has 0 fully saturated rings. The Bertz CT molecular complexity index is 920. The minimum Gasteiger partial charge on any atom is -0.480 e. The highest BCUT2D eigenvalue weighted by Gasteiger charge is 2.23. The van der Waals surface area contributed by atoms with Gasteiger partial charge in [0.2, 0.25) is 0 Å². The van der Waals surface area contributed by atoms with Crippen molar-refractivity contribution in [3.05, 3.63) is 59.2 Å². The fraction of sp³-hybridized carbons (Fsp3) is 0.409. The first-order valence-corrected chi connectivity index (χ1v) is 11.4. The maximum absolute atomic E-state index is 12.8. The molecule has 2 aromatic carbocycles. The Kier molecular flexibility index (Phi) is 7.24. The molecule has 1 amide bonds. The lowest BCUT2D eigenvalue weighted by Crippen LogP contribution is -2.40. The molecule has 0 aliphatic rings. The maximum atomic E-state index is 12.8. The zero-order chi connectivity index (χ0) is 20.9. The van der Waals surface area contributed by atoms with Gasteiger partial charge in [-0.2, -0.15) is 0 Å². The van der Waals surface area contributed by atoms with Gasteiger partial charge >= 0.3 is 0 Å². The number of carbonyl (C=O) groups excluding carboxylic acids is 1. The maximum Gasteiger partial charge on any atom is 0.261 e. The largest absolute Gasteiger partial charge is 0.480 e. The monoisotopic (exact) mass is 403 g/mol. The Morgan fingerprint density at radius 3 is 2.21 bits per heavy atom. The smallest absolute Gasteiger partial charge is 0.261 e. The van der Waals surface area contributed by atoms with Crippen molar-refractivity contribution in [2.45, 2.75) is 57.6 Å². The van der Waals surface area contributed by atoms with Gasteiger partial charge in [-0.1, -0.05) is 38.1 Å². The quantitative estimate of drug-likeness (QED) is 0.719. The van der Waals surface area contributed by atoms with Crippen molar-refractivity contribution in [2.75, 3.05) is 6.26 Å². The van der Waals surface area contributed by atoms with E-state index in [1.165, 1.54) is 6.26 Å². The molecule has 1 N–H and O–H groups in total. The third-order valence-corrected chi connectivity index (χ3v) is 5.84. The molecule has 28 heavy (non-hydrogen) atoms. The average Bonchev–Trinajstić information content (AvgIpc) is 2.66. The number of ether oxygens (including phenoxy) is 1. The SMILES string of the molecule is CCC(Oc1cc(C)ccc1C)C(=O)NC(CC)c1ccc(S(C)(=O)=O)cc1. The first-order valence-electron chi connectivity index (χ1n) is 9.50. The molecule has 0 spiro atoms. The van der Waals surface area contributed by atoms with Crippen LogP contribution in [0, 0.1) is 13.8 Å². The summed E-state index contributed by atoms with van der Waals surface area (Å²) in [5.74, 6) is 0.537. The van der Waals surface area contributed by atoms with Crippen LogP contribution >= 0.6 is 0 Å². The average molecular weight is 404 g/mol. The summed E-state index contributed by atoms with van der Waals surface area (Å²) < 4.78 is 29.2. The van der Waals surface area contributed by atoms with Crippen LogP contribution in [0.1, 0.15) is 49.4 Å². The van der Waals surface area contributed by atoms with Crippen LogP contribution in [0.3, 0.4) is 0 Å². The Balaban J connectivity index is 2.14. The summed E-state index contributed by atoms with van der Waals surface area (Å²) in [6.45, 7) is 7.83. The minimum atomic E-state index is -3.24. The molecule has 2 aromatic rings. The molecule has 0 radical (unpaired) electrons. The first-order chi connectivity index (χ1) is 13.2. The normalized spacial score (nSPS) is 13.6. The van der Waals surface area contributed by atoms with Crippen molar-refractivity contribution in [3.63, 3.8) is 0 Å². The lowest BCUT2D eigenvalue weighted by molar-refractivity contribution is -0.129. The molecule has 5 nitrogen and oxygen atoms in total. The second-order valence-corrected chi connectivity index (χ2v) is 9.11. The van der Waals surface area contributed by atoms with Crippen LogP contribution in [0.4, 0.5) is 0 Å². The molecule has 0 heterocycles. The van der Waals surface area contributed by atoms with Gasteiger partial charge in [0.1, 0.15) is 5.75 Å². The van der Waals surface area contributed by atoms with Gasteiger partial charge in [0.25, 0.3) is 5.91 Å². The van der Waals surface area contributed by atoms with Crippen molar-refractivity contribution in [1.29, 1.82) is 0 Å². The van der Waals surface area contributed by atoms with Gasteiger partial charge in [-0.3, -0.25) is 4.79 Å². The van der Waals surface area contributed by atoms with Gasteiger partial charge < -0.3 is 10.1 Å². The number of hydrogen-bond acceptors (Lipinski definition) is 4. The van der Waals surface area contributed by atoms with E-state index < -0.39 is 15.9 Å². The summed E-state index contributed by atoms with van der Waals surface area (Å²) in [5, 5.41) is 3.03. The standard InChI is InChI=1S/C22H29NO4S/c1-6-19(17-10-12-18(13-11-17)28(5,25)26)23-22(24)20(7-2)27-21-14-15(3)8-9-16(21)4/h8-14,19-20H,6-7H2,1-5H3,(H,23,24). The predicted molar refractivity (Wildman–Crippen MR) is 111 cm³/mol. The van der Waals surface area contributed by atoms with Gasteiger partial charge in [0.05, 0.1) is 10.9 Å². The number of hydrogen-bond donors (Lipinski definition) is 1. The van der Waals surface area contributed by atoms with Crippen LogP contribution in [0.5, 0.6) is 5.75 Å². The molecule has 152 valence electrons. The van der Waals surface area contributed by atoms with Crippen molar-refractivity contribution < 1.29 is 17.9 Å². The Morgan fingerprint density at radius 1 is 1.04 bits per heavy atom. The number of amides is 1. The van der Waals surface area contributed by atoms with Crippen LogP contribution < -0.4 is 10.1 Å².